The molecule has 0 saturated heterocycles. The Balaban J connectivity index is 1.68. The van der Waals surface area contributed by atoms with E-state index in [0.29, 0.717) is 24.8 Å². The molecule has 1 amide bonds. The lowest BCUT2D eigenvalue weighted by Gasteiger charge is -2.22. The van der Waals surface area contributed by atoms with Crippen molar-refractivity contribution in [1.29, 1.82) is 0 Å². The van der Waals surface area contributed by atoms with E-state index in [1.807, 2.05) is 0 Å². The molecule has 1 aliphatic carbocycles. The third kappa shape index (κ3) is 4.24. The molecule has 1 aliphatic rings. The summed E-state index contributed by atoms with van der Waals surface area (Å²) in [5.74, 6) is -0.251. The van der Waals surface area contributed by atoms with Crippen molar-refractivity contribution in [2.45, 2.75) is 38.2 Å². The molecule has 0 atom stereocenters. The molecular weight excluding hydrogens is 242 g/mol. The molecule has 1 fully saturated rings. The SMILES string of the molecule is O=C(NCCOC1CCCCC1)c1ccccc1O. The van der Waals surface area contributed by atoms with Crippen LogP contribution in [0.15, 0.2) is 24.3 Å². The molecule has 104 valence electrons. The Hall–Kier alpha value is -1.55. The van der Waals surface area contributed by atoms with Crippen molar-refractivity contribution < 1.29 is 14.6 Å². The zero-order valence-corrected chi connectivity index (χ0v) is 11.1. The Morgan fingerprint density at radius 3 is 2.74 bits per heavy atom. The molecule has 0 aromatic heterocycles. The number of amides is 1. The van der Waals surface area contributed by atoms with Gasteiger partial charge in [-0.2, -0.15) is 0 Å². The van der Waals surface area contributed by atoms with Crippen LogP contribution in [0.4, 0.5) is 0 Å². The number of benzene rings is 1. The number of carbonyl (C=O) groups excluding carboxylic acids is 1. The molecule has 0 bridgehead atoms. The Labute approximate surface area is 113 Å². The lowest BCUT2D eigenvalue weighted by Crippen LogP contribution is -2.29. The minimum atomic E-state index is -0.259. The van der Waals surface area contributed by atoms with Gasteiger partial charge in [-0.3, -0.25) is 4.79 Å². The minimum Gasteiger partial charge on any atom is -0.507 e. The van der Waals surface area contributed by atoms with E-state index in [1.165, 1.54) is 25.3 Å². The molecule has 4 heteroatoms. The summed E-state index contributed by atoms with van der Waals surface area (Å²) < 4.78 is 5.72. The lowest BCUT2D eigenvalue weighted by atomic mass is 9.98. The second kappa shape index (κ2) is 7.14. The summed E-state index contributed by atoms with van der Waals surface area (Å²) in [5.41, 5.74) is 0.306. The van der Waals surface area contributed by atoms with Crippen molar-refractivity contribution in [2.24, 2.45) is 0 Å². The third-order valence-corrected chi connectivity index (χ3v) is 3.44. The van der Waals surface area contributed by atoms with Gasteiger partial charge in [-0.25, -0.2) is 0 Å². The molecule has 0 radical (unpaired) electrons. The number of rotatable bonds is 5. The maximum atomic E-state index is 11.8. The van der Waals surface area contributed by atoms with Gasteiger partial charge in [0, 0.05) is 6.54 Å². The van der Waals surface area contributed by atoms with Gasteiger partial charge >= 0.3 is 0 Å². The summed E-state index contributed by atoms with van der Waals surface area (Å²) in [6.45, 7) is 1.01. The Kier molecular flexibility index (Phi) is 5.21. The number of hydrogen-bond donors (Lipinski definition) is 2. The highest BCUT2D eigenvalue weighted by Crippen LogP contribution is 2.20. The first-order chi connectivity index (χ1) is 9.27. The van der Waals surface area contributed by atoms with E-state index in [-0.39, 0.29) is 11.7 Å². The van der Waals surface area contributed by atoms with Crippen molar-refractivity contribution in [1.82, 2.24) is 5.32 Å². The van der Waals surface area contributed by atoms with Crippen LogP contribution in [0.3, 0.4) is 0 Å². The van der Waals surface area contributed by atoms with Crippen LogP contribution in [0.5, 0.6) is 5.75 Å². The van der Waals surface area contributed by atoms with Crippen molar-refractivity contribution >= 4 is 5.91 Å². The third-order valence-electron chi connectivity index (χ3n) is 3.44. The van der Waals surface area contributed by atoms with Crippen molar-refractivity contribution in [3.05, 3.63) is 29.8 Å². The van der Waals surface area contributed by atoms with Gasteiger partial charge in [0.2, 0.25) is 0 Å². The van der Waals surface area contributed by atoms with Gasteiger partial charge in [-0.05, 0) is 25.0 Å². The first-order valence-corrected chi connectivity index (χ1v) is 6.95. The van der Waals surface area contributed by atoms with E-state index in [4.69, 9.17) is 4.74 Å². The number of carbonyl (C=O) groups is 1. The van der Waals surface area contributed by atoms with Gasteiger partial charge in [0.25, 0.3) is 5.91 Å². The topological polar surface area (TPSA) is 58.6 Å². The van der Waals surface area contributed by atoms with Gasteiger partial charge in [-0.1, -0.05) is 31.4 Å². The number of phenols is 1. The molecule has 2 rings (SSSR count). The second-order valence-electron chi connectivity index (χ2n) is 4.90. The summed E-state index contributed by atoms with van der Waals surface area (Å²) in [6, 6.07) is 6.53. The van der Waals surface area contributed by atoms with Crippen LogP contribution < -0.4 is 5.32 Å². The molecule has 0 spiro atoms. The molecule has 4 nitrogen and oxygen atoms in total. The fraction of sp³-hybridized carbons (Fsp3) is 0.533. The molecule has 19 heavy (non-hydrogen) atoms. The van der Waals surface area contributed by atoms with Crippen molar-refractivity contribution in [3.63, 3.8) is 0 Å². The number of hydrogen-bond acceptors (Lipinski definition) is 3. The van der Waals surface area contributed by atoms with E-state index in [0.717, 1.165) is 12.8 Å². The summed E-state index contributed by atoms with van der Waals surface area (Å²) in [4.78, 5) is 11.8. The summed E-state index contributed by atoms with van der Waals surface area (Å²) in [5, 5.41) is 12.3. The highest BCUT2D eigenvalue weighted by molar-refractivity contribution is 5.96. The van der Waals surface area contributed by atoms with Crippen LogP contribution in [0.1, 0.15) is 42.5 Å². The summed E-state index contributed by atoms with van der Waals surface area (Å²) in [6.07, 6.45) is 6.42. The second-order valence-corrected chi connectivity index (χ2v) is 4.90. The maximum Gasteiger partial charge on any atom is 0.255 e. The lowest BCUT2D eigenvalue weighted by molar-refractivity contribution is 0.0299. The molecule has 2 N–H and O–H groups in total. The van der Waals surface area contributed by atoms with Crippen LogP contribution in [0, 0.1) is 0 Å². The minimum absolute atomic E-state index is 0.00759. The zero-order valence-electron chi connectivity index (χ0n) is 11.1. The van der Waals surface area contributed by atoms with E-state index in [1.54, 1.807) is 18.2 Å². The smallest absolute Gasteiger partial charge is 0.255 e. The van der Waals surface area contributed by atoms with Crippen LogP contribution in [-0.4, -0.2) is 30.3 Å². The summed E-state index contributed by atoms with van der Waals surface area (Å²) >= 11 is 0. The van der Waals surface area contributed by atoms with Gasteiger partial charge in [-0.15, -0.1) is 0 Å². The molecule has 0 heterocycles. The van der Waals surface area contributed by atoms with Crippen LogP contribution in [0.25, 0.3) is 0 Å². The van der Waals surface area contributed by atoms with Gasteiger partial charge < -0.3 is 15.2 Å². The first kappa shape index (κ1) is 13.9. The highest BCUT2D eigenvalue weighted by Gasteiger charge is 2.14. The fourth-order valence-corrected chi connectivity index (χ4v) is 2.38. The largest absolute Gasteiger partial charge is 0.507 e. The average molecular weight is 263 g/mol. The predicted molar refractivity (Wildman–Crippen MR) is 73.3 cm³/mol. The molecule has 1 aromatic carbocycles. The van der Waals surface area contributed by atoms with Crippen molar-refractivity contribution in [3.8, 4) is 5.75 Å². The van der Waals surface area contributed by atoms with Gasteiger partial charge in [0.15, 0.2) is 0 Å². The monoisotopic (exact) mass is 263 g/mol. The number of phenolic OH excluding ortho intramolecular Hbond substituents is 1. The average Bonchev–Trinajstić information content (AvgIpc) is 2.45. The van der Waals surface area contributed by atoms with Crippen molar-refractivity contribution in [2.75, 3.05) is 13.2 Å². The number of aromatic hydroxyl groups is 1. The Morgan fingerprint density at radius 2 is 2.00 bits per heavy atom. The zero-order chi connectivity index (χ0) is 13.5. The van der Waals surface area contributed by atoms with Crippen LogP contribution in [-0.2, 0) is 4.74 Å². The number of ether oxygens (including phenoxy) is 1. The molecule has 0 unspecified atom stereocenters. The maximum absolute atomic E-state index is 11.8. The normalized spacial score (nSPS) is 16.2. The molecular formula is C15H21NO3. The fourth-order valence-electron chi connectivity index (χ4n) is 2.38. The molecule has 1 saturated carbocycles. The molecule has 0 aliphatic heterocycles. The van der Waals surface area contributed by atoms with E-state index in [2.05, 4.69) is 5.32 Å². The standard InChI is InChI=1S/C15H21NO3/c17-14-9-5-4-8-13(14)15(18)16-10-11-19-12-6-2-1-3-7-12/h4-5,8-9,12,17H,1-3,6-7,10-11H2,(H,16,18). The van der Waals surface area contributed by atoms with E-state index < -0.39 is 0 Å². The highest BCUT2D eigenvalue weighted by atomic mass is 16.5. The summed E-state index contributed by atoms with van der Waals surface area (Å²) in [7, 11) is 0. The quantitative estimate of drug-likeness (QED) is 0.802. The number of nitrogens with one attached hydrogen (secondary N) is 1. The predicted octanol–water partition coefficient (Wildman–Crippen LogP) is 2.47. The Bertz CT molecular complexity index is 414. The van der Waals surface area contributed by atoms with Gasteiger partial charge in [0.1, 0.15) is 5.75 Å². The van der Waals surface area contributed by atoms with Crippen LogP contribution in [0.2, 0.25) is 0 Å². The van der Waals surface area contributed by atoms with Gasteiger partial charge in [0.05, 0.1) is 18.3 Å². The molecule has 1 aromatic rings. The van der Waals surface area contributed by atoms with E-state index in [9.17, 15) is 9.90 Å². The van der Waals surface area contributed by atoms with Crippen LogP contribution >= 0.6 is 0 Å². The Morgan fingerprint density at radius 1 is 1.26 bits per heavy atom. The first-order valence-electron chi connectivity index (χ1n) is 6.95. The van der Waals surface area contributed by atoms with E-state index >= 15 is 0 Å². The number of para-hydroxylation sites is 1.